The van der Waals surface area contributed by atoms with E-state index in [0.717, 1.165) is 18.4 Å². The highest BCUT2D eigenvalue weighted by atomic mass is 16.5. The van der Waals surface area contributed by atoms with Crippen LogP contribution in [0, 0.1) is 12.8 Å². The van der Waals surface area contributed by atoms with Gasteiger partial charge in [0, 0.05) is 25.6 Å². The summed E-state index contributed by atoms with van der Waals surface area (Å²) in [5, 5.41) is 2.98. The van der Waals surface area contributed by atoms with Crippen molar-refractivity contribution in [1.29, 1.82) is 0 Å². The molecule has 25 heavy (non-hydrogen) atoms. The van der Waals surface area contributed by atoms with Gasteiger partial charge in [0.25, 0.3) is 5.91 Å². The lowest BCUT2D eigenvalue weighted by Crippen LogP contribution is -2.45. The van der Waals surface area contributed by atoms with Gasteiger partial charge in [-0.25, -0.2) is 0 Å². The van der Waals surface area contributed by atoms with Crippen LogP contribution in [0.3, 0.4) is 0 Å². The average Bonchev–Trinajstić information content (AvgIpc) is 3.16. The molecule has 0 aromatic heterocycles. The number of anilines is 1. The van der Waals surface area contributed by atoms with E-state index in [9.17, 15) is 9.59 Å². The quantitative estimate of drug-likeness (QED) is 0.909. The van der Waals surface area contributed by atoms with Crippen molar-refractivity contribution < 1.29 is 19.1 Å². The van der Waals surface area contributed by atoms with Crippen molar-refractivity contribution in [3.8, 4) is 5.75 Å². The Bertz CT molecular complexity index is 632. The number of hydrogen-bond acceptors (Lipinski definition) is 4. The Hall–Kier alpha value is -2.08. The van der Waals surface area contributed by atoms with E-state index in [4.69, 9.17) is 9.47 Å². The third kappa shape index (κ3) is 4.12. The first kappa shape index (κ1) is 17.7. The number of ether oxygens (including phenoxy) is 2. The number of carbonyl (C=O) groups excluding carboxylic acids is 2. The van der Waals surface area contributed by atoms with Crippen LogP contribution >= 0.6 is 0 Å². The Morgan fingerprint density at radius 2 is 2.00 bits per heavy atom. The van der Waals surface area contributed by atoms with Crippen LogP contribution in [0.4, 0.5) is 5.69 Å². The Labute approximate surface area is 148 Å². The lowest BCUT2D eigenvalue weighted by Gasteiger charge is -2.32. The van der Waals surface area contributed by atoms with Gasteiger partial charge in [-0.1, -0.05) is 6.07 Å². The first-order chi connectivity index (χ1) is 12.1. The number of amides is 2. The molecule has 1 atom stereocenters. The Balaban J connectivity index is 1.55. The lowest BCUT2D eigenvalue weighted by molar-refractivity contribution is -0.143. The van der Waals surface area contributed by atoms with Crippen molar-refractivity contribution >= 4 is 17.5 Å². The zero-order chi connectivity index (χ0) is 17.8. The maximum atomic E-state index is 12.6. The number of carbonyl (C=O) groups is 2. The molecule has 6 heteroatoms. The zero-order valence-electron chi connectivity index (χ0n) is 14.9. The van der Waals surface area contributed by atoms with Crippen molar-refractivity contribution in [2.45, 2.75) is 38.7 Å². The monoisotopic (exact) mass is 346 g/mol. The van der Waals surface area contributed by atoms with Crippen LogP contribution in [-0.2, 0) is 14.3 Å². The second-order valence-electron chi connectivity index (χ2n) is 6.79. The van der Waals surface area contributed by atoms with Gasteiger partial charge < -0.3 is 19.7 Å². The number of methoxy groups -OCH3 is 1. The lowest BCUT2D eigenvalue weighted by atomic mass is 9.95. The van der Waals surface area contributed by atoms with Crippen LogP contribution in [0.5, 0.6) is 5.75 Å². The number of piperidine rings is 1. The van der Waals surface area contributed by atoms with Gasteiger partial charge in [0.05, 0.1) is 12.8 Å². The van der Waals surface area contributed by atoms with E-state index in [-0.39, 0.29) is 23.8 Å². The van der Waals surface area contributed by atoms with E-state index >= 15 is 0 Å². The standard InChI is InChI=1S/C19H26N2O4/c1-13-5-6-16(24-2)15(12-13)20-18(22)14-7-9-21(10-8-14)19(23)17-4-3-11-25-17/h5-6,12,14,17H,3-4,7-11H2,1-2H3,(H,20,22). The summed E-state index contributed by atoms with van der Waals surface area (Å²) in [7, 11) is 1.59. The Kier molecular flexibility index (Phi) is 5.58. The van der Waals surface area contributed by atoms with Gasteiger partial charge in [-0.15, -0.1) is 0 Å². The molecule has 0 saturated carbocycles. The molecule has 2 saturated heterocycles. The molecule has 0 radical (unpaired) electrons. The van der Waals surface area contributed by atoms with Gasteiger partial charge in [-0.3, -0.25) is 9.59 Å². The molecule has 1 N–H and O–H groups in total. The molecule has 6 nitrogen and oxygen atoms in total. The average molecular weight is 346 g/mol. The third-order valence-electron chi connectivity index (χ3n) is 5.00. The molecule has 2 aliphatic heterocycles. The summed E-state index contributed by atoms with van der Waals surface area (Å²) in [5.74, 6) is 0.647. The van der Waals surface area contributed by atoms with Crippen LogP contribution in [0.1, 0.15) is 31.2 Å². The number of nitrogens with one attached hydrogen (secondary N) is 1. The number of rotatable bonds is 4. The number of aryl methyl sites for hydroxylation is 1. The summed E-state index contributed by atoms with van der Waals surface area (Å²) in [6.45, 7) is 3.88. The maximum Gasteiger partial charge on any atom is 0.251 e. The number of likely N-dealkylation sites (tertiary alicyclic amines) is 1. The predicted octanol–water partition coefficient (Wildman–Crippen LogP) is 2.36. The number of hydrogen-bond donors (Lipinski definition) is 1. The van der Waals surface area contributed by atoms with Crippen molar-refractivity contribution in [1.82, 2.24) is 4.90 Å². The van der Waals surface area contributed by atoms with E-state index in [0.29, 0.717) is 44.0 Å². The number of nitrogens with zero attached hydrogens (tertiary/aromatic N) is 1. The highest BCUT2D eigenvalue weighted by Gasteiger charge is 2.32. The Morgan fingerprint density at radius 1 is 1.24 bits per heavy atom. The SMILES string of the molecule is COc1ccc(C)cc1NC(=O)C1CCN(C(=O)C2CCCO2)CC1. The summed E-state index contributed by atoms with van der Waals surface area (Å²) in [5.41, 5.74) is 1.76. The van der Waals surface area contributed by atoms with Crippen LogP contribution < -0.4 is 10.1 Å². The molecule has 0 bridgehead atoms. The summed E-state index contributed by atoms with van der Waals surface area (Å²) in [6.07, 6.45) is 2.85. The first-order valence-corrected chi connectivity index (χ1v) is 8.94. The smallest absolute Gasteiger partial charge is 0.251 e. The van der Waals surface area contributed by atoms with E-state index in [1.807, 2.05) is 30.0 Å². The molecular weight excluding hydrogens is 320 g/mol. The molecule has 2 fully saturated rings. The molecule has 1 aromatic carbocycles. The van der Waals surface area contributed by atoms with Crippen LogP contribution in [-0.4, -0.2) is 49.6 Å². The first-order valence-electron chi connectivity index (χ1n) is 8.94. The zero-order valence-corrected chi connectivity index (χ0v) is 14.9. The molecule has 0 spiro atoms. The largest absolute Gasteiger partial charge is 0.495 e. The Morgan fingerprint density at radius 3 is 2.64 bits per heavy atom. The summed E-state index contributed by atoms with van der Waals surface area (Å²) >= 11 is 0. The fourth-order valence-electron chi connectivity index (χ4n) is 3.49. The summed E-state index contributed by atoms with van der Waals surface area (Å²) < 4.78 is 10.8. The van der Waals surface area contributed by atoms with Gasteiger partial charge in [-0.2, -0.15) is 0 Å². The van der Waals surface area contributed by atoms with Crippen molar-refractivity contribution in [3.05, 3.63) is 23.8 Å². The van der Waals surface area contributed by atoms with Gasteiger partial charge in [0.15, 0.2) is 0 Å². The van der Waals surface area contributed by atoms with Gasteiger partial charge in [-0.05, 0) is 50.3 Å². The van der Waals surface area contributed by atoms with E-state index in [1.165, 1.54) is 0 Å². The highest BCUT2D eigenvalue weighted by Crippen LogP contribution is 2.27. The molecule has 2 amide bonds. The molecule has 1 unspecified atom stereocenters. The van der Waals surface area contributed by atoms with E-state index in [2.05, 4.69) is 5.32 Å². The van der Waals surface area contributed by atoms with E-state index < -0.39 is 0 Å². The van der Waals surface area contributed by atoms with Gasteiger partial charge in [0.1, 0.15) is 11.9 Å². The molecular formula is C19H26N2O4. The summed E-state index contributed by atoms with van der Waals surface area (Å²) in [4.78, 5) is 26.8. The van der Waals surface area contributed by atoms with Crippen molar-refractivity contribution in [3.63, 3.8) is 0 Å². The molecule has 0 aliphatic carbocycles. The molecule has 1 aromatic rings. The molecule has 3 rings (SSSR count). The van der Waals surface area contributed by atoms with E-state index in [1.54, 1.807) is 7.11 Å². The maximum absolute atomic E-state index is 12.6. The normalized spacial score (nSPS) is 21.2. The number of benzene rings is 1. The fourth-order valence-corrected chi connectivity index (χ4v) is 3.49. The van der Waals surface area contributed by atoms with Gasteiger partial charge >= 0.3 is 0 Å². The second-order valence-corrected chi connectivity index (χ2v) is 6.79. The topological polar surface area (TPSA) is 67.9 Å². The van der Waals surface area contributed by atoms with Crippen molar-refractivity contribution in [2.24, 2.45) is 5.92 Å². The van der Waals surface area contributed by atoms with Crippen LogP contribution in [0.25, 0.3) is 0 Å². The second kappa shape index (κ2) is 7.87. The minimum atomic E-state index is -0.276. The van der Waals surface area contributed by atoms with Crippen LogP contribution in [0.15, 0.2) is 18.2 Å². The molecule has 136 valence electrons. The molecule has 2 aliphatic rings. The highest BCUT2D eigenvalue weighted by molar-refractivity contribution is 5.94. The van der Waals surface area contributed by atoms with Crippen LogP contribution in [0.2, 0.25) is 0 Å². The fraction of sp³-hybridized carbons (Fsp3) is 0.579. The minimum Gasteiger partial charge on any atom is -0.495 e. The summed E-state index contributed by atoms with van der Waals surface area (Å²) in [6, 6.07) is 5.71. The van der Waals surface area contributed by atoms with Gasteiger partial charge in [0.2, 0.25) is 5.91 Å². The predicted molar refractivity (Wildman–Crippen MR) is 94.6 cm³/mol. The van der Waals surface area contributed by atoms with Crippen molar-refractivity contribution in [2.75, 3.05) is 32.1 Å². The molecule has 2 heterocycles. The third-order valence-corrected chi connectivity index (χ3v) is 5.00. The minimum absolute atomic E-state index is 0.00637.